The van der Waals surface area contributed by atoms with Gasteiger partial charge in [-0.05, 0) is 68.1 Å². The molecular formula is C45H77N5O10. The Kier molecular flexibility index (Phi) is 23.5. The molecule has 8 atom stereocenters. The van der Waals surface area contributed by atoms with Gasteiger partial charge in [-0.3, -0.25) is 24.0 Å². The number of methoxy groups -OCH3 is 2. The van der Waals surface area contributed by atoms with E-state index in [1.54, 1.807) is 69.5 Å². The molecule has 0 aromatic rings. The summed E-state index contributed by atoms with van der Waals surface area (Å²) in [5.41, 5.74) is 0. The van der Waals surface area contributed by atoms with Gasteiger partial charge in [0.05, 0.1) is 13.2 Å². The molecule has 0 bridgehead atoms. The number of carbonyl (C=O) groups is 7. The third-order valence-corrected chi connectivity index (χ3v) is 11.6. The van der Waals surface area contributed by atoms with E-state index >= 15 is 0 Å². The van der Waals surface area contributed by atoms with Crippen LogP contribution in [0.25, 0.3) is 0 Å². The third kappa shape index (κ3) is 15.4. The number of rotatable bonds is 25. The first kappa shape index (κ1) is 53.8. The van der Waals surface area contributed by atoms with Crippen LogP contribution in [0.2, 0.25) is 0 Å². The van der Waals surface area contributed by atoms with Crippen LogP contribution in [0.5, 0.6) is 0 Å². The molecule has 0 radical (unpaired) electrons. The van der Waals surface area contributed by atoms with E-state index in [-0.39, 0.29) is 24.3 Å². The maximum absolute atomic E-state index is 14.2. The topological polar surface area (TPSA) is 181 Å². The molecule has 0 aromatic carbocycles. The van der Waals surface area contributed by atoms with Gasteiger partial charge in [0.25, 0.3) is 5.91 Å². The summed E-state index contributed by atoms with van der Waals surface area (Å²) in [6, 6.07) is -4.90. The van der Waals surface area contributed by atoms with E-state index in [2.05, 4.69) is 16.6 Å². The van der Waals surface area contributed by atoms with Crippen molar-refractivity contribution in [2.24, 2.45) is 29.6 Å². The van der Waals surface area contributed by atoms with Crippen LogP contribution in [0.15, 0.2) is 0 Å². The van der Waals surface area contributed by atoms with E-state index in [4.69, 9.17) is 20.6 Å². The van der Waals surface area contributed by atoms with Crippen molar-refractivity contribution < 1.29 is 47.8 Å². The Hall–Kier alpha value is -4.19. The zero-order chi connectivity index (χ0) is 46.0. The first-order valence-corrected chi connectivity index (χ1v) is 21.8. The molecule has 0 aromatic heterocycles. The third-order valence-electron chi connectivity index (χ3n) is 11.6. The second-order valence-electron chi connectivity index (χ2n) is 17.6. The molecule has 15 heteroatoms. The number of carbonyl (C=O) groups excluding carboxylic acids is 7. The van der Waals surface area contributed by atoms with Gasteiger partial charge in [-0.15, -0.1) is 12.3 Å². The van der Waals surface area contributed by atoms with Crippen LogP contribution in [0.3, 0.4) is 0 Å². The van der Waals surface area contributed by atoms with Gasteiger partial charge in [0, 0.05) is 40.6 Å². The highest BCUT2D eigenvalue weighted by Crippen LogP contribution is 2.25. The number of likely N-dealkylation sites (tertiary alicyclic amines) is 1. The minimum absolute atomic E-state index is 0.0155. The normalized spacial score (nSPS) is 17.6. The SMILES string of the molecule is C#CCCCC(CCCC(=O)N(C)[C@H](C(=O)N[C@H](C(=O)N[C@H](C(=O)N(C)[C@H](C(=O)O[C@H](C(=O)N1CCC[C@@H]1C(=O)OC)C(C)C)C(C)C)C(C)C)C(C)C)[C@@H](C)CC)OC. The van der Waals surface area contributed by atoms with E-state index < -0.39 is 95.6 Å². The monoisotopic (exact) mass is 848 g/mol. The van der Waals surface area contributed by atoms with Gasteiger partial charge >= 0.3 is 11.9 Å². The number of unbranched alkanes of at least 4 members (excludes halogenated alkanes) is 1. The van der Waals surface area contributed by atoms with Crippen molar-refractivity contribution in [1.29, 1.82) is 0 Å². The van der Waals surface area contributed by atoms with Gasteiger partial charge < -0.3 is 39.5 Å². The standard InChI is InChI=1S/C45H77N5O10/c1-16-18-19-22-32(58-14)23-20-25-34(51)48(12)38(31(11)17-2)41(53)46-35(27(3)4)40(52)47-36(28(5)6)42(54)49(13)37(29(7)8)45(57)60-39(30(9)10)43(55)50-26-21-24-33(50)44(56)59-15/h1,27-33,35-39H,17-26H2,2-15H3,(H,46,53)(H,47,52)/t31-,32?,33+,35-,36-,37-,38-,39-/m0/s1. The summed E-state index contributed by atoms with van der Waals surface area (Å²) in [7, 11) is 5.96. The van der Waals surface area contributed by atoms with E-state index in [0.717, 1.165) is 12.8 Å². The molecule has 1 aliphatic rings. The van der Waals surface area contributed by atoms with Crippen LogP contribution < -0.4 is 10.6 Å². The number of amides is 5. The van der Waals surface area contributed by atoms with Gasteiger partial charge in [-0.1, -0.05) is 75.7 Å². The van der Waals surface area contributed by atoms with E-state index in [0.29, 0.717) is 45.1 Å². The van der Waals surface area contributed by atoms with Crippen LogP contribution in [0.4, 0.5) is 0 Å². The zero-order valence-electron chi connectivity index (χ0n) is 39.0. The highest BCUT2D eigenvalue weighted by atomic mass is 16.6. The molecule has 1 unspecified atom stereocenters. The molecule has 2 N–H and O–H groups in total. The first-order valence-electron chi connectivity index (χ1n) is 21.8. The predicted molar refractivity (Wildman–Crippen MR) is 230 cm³/mol. The summed E-state index contributed by atoms with van der Waals surface area (Å²) in [6.07, 6.45) is 9.55. The Balaban J connectivity index is 3.22. The van der Waals surface area contributed by atoms with E-state index in [1.807, 2.05) is 13.8 Å². The molecule has 1 heterocycles. The smallest absolute Gasteiger partial charge is 0.329 e. The molecule has 342 valence electrons. The molecule has 5 amide bonds. The Morgan fingerprint density at radius 2 is 1.37 bits per heavy atom. The minimum Gasteiger partial charge on any atom is -0.467 e. The fraction of sp³-hybridized carbons (Fsp3) is 0.800. The van der Waals surface area contributed by atoms with Gasteiger partial charge in [0.1, 0.15) is 30.2 Å². The number of terminal acetylenes is 1. The minimum atomic E-state index is -1.21. The van der Waals surface area contributed by atoms with Crippen molar-refractivity contribution in [3.05, 3.63) is 0 Å². The molecule has 60 heavy (non-hydrogen) atoms. The number of nitrogens with zero attached hydrogens (tertiary/aromatic N) is 3. The van der Waals surface area contributed by atoms with Crippen molar-refractivity contribution in [1.82, 2.24) is 25.3 Å². The Bertz CT molecular complexity index is 1480. The number of esters is 2. The lowest BCUT2D eigenvalue weighted by Crippen LogP contribution is -2.61. The maximum atomic E-state index is 14.2. The Morgan fingerprint density at radius 1 is 0.783 bits per heavy atom. The number of nitrogens with one attached hydrogen (secondary N) is 2. The summed E-state index contributed by atoms with van der Waals surface area (Å²) < 4.78 is 16.3. The second kappa shape index (κ2) is 26.2. The van der Waals surface area contributed by atoms with Crippen LogP contribution in [-0.2, 0) is 47.8 Å². The maximum Gasteiger partial charge on any atom is 0.329 e. The predicted octanol–water partition coefficient (Wildman–Crippen LogP) is 4.34. The highest BCUT2D eigenvalue weighted by molar-refractivity contribution is 5.96. The van der Waals surface area contributed by atoms with Crippen molar-refractivity contribution >= 4 is 41.5 Å². The van der Waals surface area contributed by atoms with Gasteiger partial charge in [-0.25, -0.2) is 9.59 Å². The van der Waals surface area contributed by atoms with Crippen LogP contribution in [0, 0.1) is 41.9 Å². The zero-order valence-corrected chi connectivity index (χ0v) is 39.0. The van der Waals surface area contributed by atoms with Gasteiger partial charge in [0.15, 0.2) is 6.10 Å². The van der Waals surface area contributed by atoms with Crippen LogP contribution in [-0.4, -0.2) is 133 Å². The number of hydrogen-bond donors (Lipinski definition) is 2. The molecule has 1 rings (SSSR count). The summed E-state index contributed by atoms with van der Waals surface area (Å²) in [5.74, 6) is -2.99. The van der Waals surface area contributed by atoms with Crippen LogP contribution >= 0.6 is 0 Å². The lowest BCUT2D eigenvalue weighted by Gasteiger charge is -2.36. The molecule has 0 spiro atoms. The first-order chi connectivity index (χ1) is 28.1. The van der Waals surface area contributed by atoms with Gasteiger partial charge in [-0.2, -0.15) is 0 Å². The Morgan fingerprint density at radius 3 is 1.87 bits per heavy atom. The molecule has 15 nitrogen and oxygen atoms in total. The van der Waals surface area contributed by atoms with E-state index in [1.165, 1.54) is 28.9 Å². The lowest BCUT2D eigenvalue weighted by molar-refractivity contribution is -0.172. The van der Waals surface area contributed by atoms with E-state index in [9.17, 15) is 33.6 Å². The van der Waals surface area contributed by atoms with Crippen LogP contribution in [0.1, 0.15) is 127 Å². The fourth-order valence-electron chi connectivity index (χ4n) is 7.67. The number of likely N-dealkylation sites (N-methyl/N-ethyl adjacent to an activating group) is 2. The van der Waals surface area contributed by atoms with Crippen molar-refractivity contribution in [3.63, 3.8) is 0 Å². The van der Waals surface area contributed by atoms with Crippen molar-refractivity contribution in [2.75, 3.05) is 34.9 Å². The quantitative estimate of drug-likeness (QED) is 0.0763. The van der Waals surface area contributed by atoms with Gasteiger partial charge in [0.2, 0.25) is 23.6 Å². The molecule has 0 aliphatic carbocycles. The second-order valence-corrected chi connectivity index (χ2v) is 17.6. The largest absolute Gasteiger partial charge is 0.467 e. The molecule has 1 fully saturated rings. The number of ether oxygens (including phenoxy) is 3. The van der Waals surface area contributed by atoms with Crippen molar-refractivity contribution in [2.45, 2.75) is 169 Å². The summed E-state index contributed by atoms with van der Waals surface area (Å²) in [4.78, 5) is 99.8. The Labute approximate surface area is 360 Å². The molecule has 1 saturated heterocycles. The van der Waals surface area contributed by atoms with Crippen molar-refractivity contribution in [3.8, 4) is 12.3 Å². The highest BCUT2D eigenvalue weighted by Gasteiger charge is 2.43. The lowest BCUT2D eigenvalue weighted by atomic mass is 9.94. The summed E-state index contributed by atoms with van der Waals surface area (Å²) in [6.45, 7) is 18.2. The average molecular weight is 848 g/mol. The summed E-state index contributed by atoms with van der Waals surface area (Å²) >= 11 is 0. The molecular weight excluding hydrogens is 771 g/mol. The summed E-state index contributed by atoms with van der Waals surface area (Å²) in [5, 5.41) is 5.73. The molecule has 0 saturated carbocycles. The number of hydrogen-bond acceptors (Lipinski definition) is 10. The average Bonchev–Trinajstić information content (AvgIpc) is 3.69. The molecule has 1 aliphatic heterocycles. The fourth-order valence-corrected chi connectivity index (χ4v) is 7.67.